The number of alkyl halides is 3. The van der Waals surface area contributed by atoms with Crippen LogP contribution in [0.2, 0.25) is 0 Å². The molecule has 0 radical (unpaired) electrons. The number of hydrogen-bond acceptors (Lipinski definition) is 2. The molecular weight excluding hydrogens is 272 g/mol. The SMILES string of the molecule is CN(CCC(F)(F)F)c1ccc(CNC2CC2)cc1F. The number of nitrogens with one attached hydrogen (secondary N) is 1. The smallest absolute Gasteiger partial charge is 0.372 e. The molecule has 0 atom stereocenters. The molecule has 1 aromatic carbocycles. The molecule has 1 aromatic rings. The maximum atomic E-state index is 13.9. The lowest BCUT2D eigenvalue weighted by Gasteiger charge is -2.21. The molecule has 1 fully saturated rings. The molecule has 2 rings (SSSR count). The molecule has 1 N–H and O–H groups in total. The van der Waals surface area contributed by atoms with Crippen molar-refractivity contribution in [1.29, 1.82) is 0 Å². The molecule has 0 aromatic heterocycles. The Kier molecular flexibility index (Phi) is 4.52. The minimum atomic E-state index is -4.22. The minimum absolute atomic E-state index is 0.199. The molecular formula is C14H18F4N2. The topological polar surface area (TPSA) is 15.3 Å². The van der Waals surface area contributed by atoms with E-state index in [9.17, 15) is 17.6 Å². The van der Waals surface area contributed by atoms with Crippen LogP contribution in [0, 0.1) is 5.82 Å². The summed E-state index contributed by atoms with van der Waals surface area (Å²) < 4.78 is 50.4. The van der Waals surface area contributed by atoms with Gasteiger partial charge in [-0.2, -0.15) is 13.2 Å². The Morgan fingerprint density at radius 2 is 2.00 bits per heavy atom. The second kappa shape index (κ2) is 5.99. The third kappa shape index (κ3) is 4.67. The second-order valence-electron chi connectivity index (χ2n) is 5.23. The summed E-state index contributed by atoms with van der Waals surface area (Å²) in [6, 6.07) is 5.20. The summed E-state index contributed by atoms with van der Waals surface area (Å²) in [7, 11) is 1.46. The molecule has 0 spiro atoms. The Morgan fingerprint density at radius 3 is 2.55 bits per heavy atom. The van der Waals surface area contributed by atoms with E-state index in [1.165, 1.54) is 24.1 Å². The highest BCUT2D eigenvalue weighted by atomic mass is 19.4. The van der Waals surface area contributed by atoms with E-state index in [0.29, 0.717) is 12.6 Å². The zero-order chi connectivity index (χ0) is 14.8. The highest BCUT2D eigenvalue weighted by Gasteiger charge is 2.27. The number of nitrogens with zero attached hydrogens (tertiary/aromatic N) is 1. The van der Waals surface area contributed by atoms with Crippen LogP contribution in [0.3, 0.4) is 0 Å². The van der Waals surface area contributed by atoms with Crippen LogP contribution in [0.25, 0.3) is 0 Å². The fourth-order valence-corrected chi connectivity index (χ4v) is 1.93. The van der Waals surface area contributed by atoms with E-state index in [1.54, 1.807) is 6.07 Å². The highest BCUT2D eigenvalue weighted by Crippen LogP contribution is 2.24. The largest absolute Gasteiger partial charge is 0.390 e. The Balaban J connectivity index is 1.93. The number of hydrogen-bond donors (Lipinski definition) is 1. The molecule has 1 saturated carbocycles. The van der Waals surface area contributed by atoms with Crippen molar-refractivity contribution in [3.63, 3.8) is 0 Å². The van der Waals surface area contributed by atoms with Gasteiger partial charge in [0.15, 0.2) is 0 Å². The Morgan fingerprint density at radius 1 is 1.30 bits per heavy atom. The third-order valence-corrected chi connectivity index (χ3v) is 3.33. The molecule has 0 unspecified atom stereocenters. The summed E-state index contributed by atoms with van der Waals surface area (Å²) in [5.74, 6) is -0.482. The van der Waals surface area contributed by atoms with Gasteiger partial charge in [0.05, 0.1) is 12.1 Å². The number of halogens is 4. The average Bonchev–Trinajstić information content (AvgIpc) is 3.17. The Hall–Kier alpha value is -1.30. The lowest BCUT2D eigenvalue weighted by molar-refractivity contribution is -0.132. The molecule has 6 heteroatoms. The van der Waals surface area contributed by atoms with Crippen LogP contribution >= 0.6 is 0 Å². The first kappa shape index (κ1) is 15.1. The van der Waals surface area contributed by atoms with E-state index < -0.39 is 18.4 Å². The fourth-order valence-electron chi connectivity index (χ4n) is 1.93. The van der Waals surface area contributed by atoms with Crippen molar-refractivity contribution in [2.24, 2.45) is 0 Å². The minimum Gasteiger partial charge on any atom is -0.372 e. The van der Waals surface area contributed by atoms with Crippen LogP contribution in [0.5, 0.6) is 0 Å². The van der Waals surface area contributed by atoms with Crippen LogP contribution in [-0.4, -0.2) is 25.8 Å². The Bertz CT molecular complexity index is 455. The van der Waals surface area contributed by atoms with Gasteiger partial charge in [-0.15, -0.1) is 0 Å². The van der Waals surface area contributed by atoms with Crippen molar-refractivity contribution in [2.75, 3.05) is 18.5 Å². The summed E-state index contributed by atoms with van der Waals surface area (Å²) in [6.07, 6.45) is -2.87. The van der Waals surface area contributed by atoms with Gasteiger partial charge in [0.1, 0.15) is 5.82 Å². The van der Waals surface area contributed by atoms with E-state index in [-0.39, 0.29) is 12.2 Å². The lowest BCUT2D eigenvalue weighted by Crippen LogP contribution is -2.25. The first-order valence-electron chi connectivity index (χ1n) is 6.65. The van der Waals surface area contributed by atoms with E-state index in [4.69, 9.17) is 0 Å². The predicted octanol–water partition coefficient (Wildman–Crippen LogP) is 3.47. The van der Waals surface area contributed by atoms with Crippen LogP contribution in [0.15, 0.2) is 18.2 Å². The number of benzene rings is 1. The molecule has 1 aliphatic rings. The van der Waals surface area contributed by atoms with Crippen molar-refractivity contribution in [3.8, 4) is 0 Å². The maximum Gasteiger partial charge on any atom is 0.390 e. The van der Waals surface area contributed by atoms with Crippen LogP contribution in [-0.2, 0) is 6.54 Å². The van der Waals surface area contributed by atoms with E-state index in [2.05, 4.69) is 5.32 Å². The third-order valence-electron chi connectivity index (χ3n) is 3.33. The van der Waals surface area contributed by atoms with Crippen LogP contribution in [0.4, 0.5) is 23.2 Å². The van der Waals surface area contributed by atoms with Gasteiger partial charge in [-0.3, -0.25) is 0 Å². The van der Waals surface area contributed by atoms with Crippen molar-refractivity contribution < 1.29 is 17.6 Å². The quantitative estimate of drug-likeness (QED) is 0.807. The lowest BCUT2D eigenvalue weighted by atomic mass is 10.1. The van der Waals surface area contributed by atoms with Gasteiger partial charge in [-0.05, 0) is 30.5 Å². The summed E-state index contributed by atoms with van der Waals surface area (Å²) in [5, 5.41) is 3.26. The van der Waals surface area contributed by atoms with Crippen LogP contribution < -0.4 is 10.2 Å². The zero-order valence-electron chi connectivity index (χ0n) is 11.3. The van der Waals surface area contributed by atoms with Gasteiger partial charge in [-0.25, -0.2) is 4.39 Å². The monoisotopic (exact) mass is 290 g/mol. The maximum absolute atomic E-state index is 13.9. The first-order chi connectivity index (χ1) is 9.35. The first-order valence-corrected chi connectivity index (χ1v) is 6.65. The molecule has 20 heavy (non-hydrogen) atoms. The molecule has 0 bridgehead atoms. The van der Waals surface area contributed by atoms with E-state index in [1.807, 2.05) is 0 Å². The van der Waals surface area contributed by atoms with E-state index in [0.717, 1.165) is 18.4 Å². The number of anilines is 1. The summed E-state index contributed by atoms with van der Waals surface area (Å²) in [5.41, 5.74) is 1.01. The van der Waals surface area contributed by atoms with Gasteiger partial charge < -0.3 is 10.2 Å². The summed E-state index contributed by atoms with van der Waals surface area (Å²) >= 11 is 0. The van der Waals surface area contributed by atoms with E-state index >= 15 is 0 Å². The molecule has 1 aliphatic carbocycles. The fraction of sp³-hybridized carbons (Fsp3) is 0.571. The van der Waals surface area contributed by atoms with Crippen molar-refractivity contribution in [3.05, 3.63) is 29.6 Å². The zero-order valence-corrected chi connectivity index (χ0v) is 11.3. The molecule has 2 nitrogen and oxygen atoms in total. The van der Waals surface area contributed by atoms with Crippen molar-refractivity contribution in [2.45, 2.75) is 38.0 Å². The Labute approximate surface area is 115 Å². The van der Waals surface area contributed by atoms with Gasteiger partial charge in [0, 0.05) is 26.2 Å². The summed E-state index contributed by atoms with van der Waals surface area (Å²) in [6.45, 7) is 0.341. The molecule has 0 amide bonds. The predicted molar refractivity (Wildman–Crippen MR) is 70.2 cm³/mol. The van der Waals surface area contributed by atoms with Crippen molar-refractivity contribution in [1.82, 2.24) is 5.32 Å². The molecule has 0 saturated heterocycles. The highest BCUT2D eigenvalue weighted by molar-refractivity contribution is 5.48. The van der Waals surface area contributed by atoms with Gasteiger partial charge in [0.2, 0.25) is 0 Å². The number of rotatable bonds is 6. The van der Waals surface area contributed by atoms with Crippen molar-refractivity contribution >= 4 is 5.69 Å². The van der Waals surface area contributed by atoms with Crippen LogP contribution in [0.1, 0.15) is 24.8 Å². The summed E-state index contributed by atoms with van der Waals surface area (Å²) in [4.78, 5) is 1.29. The molecule has 0 heterocycles. The van der Waals surface area contributed by atoms with Gasteiger partial charge in [0.25, 0.3) is 0 Å². The van der Waals surface area contributed by atoms with Gasteiger partial charge in [-0.1, -0.05) is 6.07 Å². The normalized spacial score (nSPS) is 15.4. The average molecular weight is 290 g/mol. The molecule has 112 valence electrons. The molecule has 0 aliphatic heterocycles. The van der Waals surface area contributed by atoms with Gasteiger partial charge >= 0.3 is 6.18 Å². The standard InChI is InChI=1S/C14H18F4N2/c1-20(7-6-14(16,17)18)13-5-2-10(8-12(13)15)9-19-11-3-4-11/h2,5,8,11,19H,3-4,6-7,9H2,1H3. The second-order valence-corrected chi connectivity index (χ2v) is 5.23.